The van der Waals surface area contributed by atoms with Crippen LogP contribution in [0.4, 0.5) is 17.1 Å². The van der Waals surface area contributed by atoms with Gasteiger partial charge in [-0.3, -0.25) is 10.1 Å². The minimum Gasteiger partial charge on any atom is -0.355 e. The summed E-state index contributed by atoms with van der Waals surface area (Å²) in [6.45, 7) is 1.80. The predicted molar refractivity (Wildman–Crippen MR) is 72.6 cm³/mol. The summed E-state index contributed by atoms with van der Waals surface area (Å²) in [6.07, 6.45) is 0. The molecular weight excluding hydrogens is 252 g/mol. The Labute approximate surface area is 109 Å². The molecule has 5 heteroatoms. The second-order valence-electron chi connectivity index (χ2n) is 3.87. The van der Waals surface area contributed by atoms with E-state index in [0.29, 0.717) is 0 Å². The van der Waals surface area contributed by atoms with Crippen molar-refractivity contribution >= 4 is 28.7 Å². The van der Waals surface area contributed by atoms with Crippen molar-refractivity contribution < 1.29 is 4.92 Å². The first-order valence-electron chi connectivity index (χ1n) is 5.34. The molecular formula is C13H11ClN2O2. The minimum absolute atomic E-state index is 0.0761. The molecule has 18 heavy (non-hydrogen) atoms. The molecule has 4 nitrogen and oxygen atoms in total. The highest BCUT2D eigenvalue weighted by atomic mass is 35.5. The number of aryl methyl sites for hydroxylation is 1. The van der Waals surface area contributed by atoms with Crippen LogP contribution in [0.15, 0.2) is 42.5 Å². The fourth-order valence-electron chi connectivity index (χ4n) is 1.62. The van der Waals surface area contributed by atoms with Gasteiger partial charge in [-0.2, -0.15) is 0 Å². The Bertz CT molecular complexity index is 585. The number of hydrogen-bond acceptors (Lipinski definition) is 3. The van der Waals surface area contributed by atoms with Gasteiger partial charge in [-0.15, -0.1) is 0 Å². The molecule has 2 aromatic rings. The van der Waals surface area contributed by atoms with Gasteiger partial charge in [-0.05, 0) is 30.7 Å². The fraction of sp³-hybridized carbons (Fsp3) is 0.0769. The lowest BCUT2D eigenvalue weighted by Crippen LogP contribution is -1.96. The van der Waals surface area contributed by atoms with E-state index in [1.165, 1.54) is 6.07 Å². The minimum atomic E-state index is -0.484. The average Bonchev–Trinajstić information content (AvgIpc) is 2.34. The van der Waals surface area contributed by atoms with Crippen LogP contribution in [0.3, 0.4) is 0 Å². The average molecular weight is 263 g/mol. The molecule has 1 N–H and O–H groups in total. The number of nitrogens with zero attached hydrogens (tertiary/aromatic N) is 1. The maximum Gasteiger partial charge on any atom is 0.288 e. The van der Waals surface area contributed by atoms with Crippen LogP contribution >= 0.6 is 11.6 Å². The molecule has 0 spiro atoms. The van der Waals surface area contributed by atoms with Gasteiger partial charge in [0.25, 0.3) is 5.69 Å². The van der Waals surface area contributed by atoms with E-state index in [1.54, 1.807) is 13.0 Å². The third-order valence-electron chi connectivity index (χ3n) is 2.54. The third-order valence-corrected chi connectivity index (χ3v) is 2.85. The fourth-order valence-corrected chi connectivity index (χ4v) is 1.85. The summed E-state index contributed by atoms with van der Waals surface area (Å²) in [5.74, 6) is 0. The van der Waals surface area contributed by atoms with E-state index < -0.39 is 4.92 Å². The Balaban J connectivity index is 2.35. The Kier molecular flexibility index (Phi) is 3.48. The molecule has 0 atom stereocenters. The van der Waals surface area contributed by atoms with Crippen LogP contribution in [0.25, 0.3) is 0 Å². The van der Waals surface area contributed by atoms with E-state index in [0.717, 1.165) is 16.9 Å². The summed E-state index contributed by atoms with van der Waals surface area (Å²) in [7, 11) is 0. The van der Waals surface area contributed by atoms with Gasteiger partial charge in [0, 0.05) is 17.4 Å². The second-order valence-corrected chi connectivity index (χ2v) is 4.27. The molecule has 0 radical (unpaired) electrons. The topological polar surface area (TPSA) is 55.2 Å². The van der Waals surface area contributed by atoms with Crippen molar-refractivity contribution in [2.24, 2.45) is 0 Å². The van der Waals surface area contributed by atoms with E-state index in [4.69, 9.17) is 11.6 Å². The van der Waals surface area contributed by atoms with E-state index in [1.807, 2.05) is 30.3 Å². The maximum atomic E-state index is 10.7. The van der Waals surface area contributed by atoms with Crippen LogP contribution in [0.5, 0.6) is 0 Å². The van der Waals surface area contributed by atoms with Gasteiger partial charge in [0.05, 0.1) is 4.92 Å². The highest BCUT2D eigenvalue weighted by Crippen LogP contribution is 2.31. The van der Waals surface area contributed by atoms with Gasteiger partial charge in [0.15, 0.2) is 0 Å². The van der Waals surface area contributed by atoms with Crippen molar-refractivity contribution in [1.82, 2.24) is 0 Å². The molecule has 2 aromatic carbocycles. The lowest BCUT2D eigenvalue weighted by Gasteiger charge is -2.10. The Morgan fingerprint density at radius 2 is 1.89 bits per heavy atom. The van der Waals surface area contributed by atoms with E-state index in [-0.39, 0.29) is 10.7 Å². The number of nitro groups is 1. The summed E-state index contributed by atoms with van der Waals surface area (Å²) in [5, 5.41) is 14.0. The van der Waals surface area contributed by atoms with Crippen LogP contribution in [0.2, 0.25) is 5.02 Å². The maximum absolute atomic E-state index is 10.7. The monoisotopic (exact) mass is 262 g/mol. The van der Waals surface area contributed by atoms with Crippen LogP contribution in [-0.4, -0.2) is 4.92 Å². The standard InChI is InChI=1S/C13H11ClN2O2/c1-9-7-13(16(17)18)11(14)8-12(9)15-10-5-3-2-4-6-10/h2-8,15H,1H3. The van der Waals surface area contributed by atoms with Crippen molar-refractivity contribution in [1.29, 1.82) is 0 Å². The number of nitro benzene ring substituents is 1. The SMILES string of the molecule is Cc1cc([N+](=O)[O-])c(Cl)cc1Nc1ccccc1. The molecule has 0 aliphatic carbocycles. The molecule has 0 aliphatic rings. The number of rotatable bonds is 3. The van der Waals surface area contributed by atoms with Crippen molar-refractivity contribution in [2.75, 3.05) is 5.32 Å². The Morgan fingerprint density at radius 1 is 1.22 bits per heavy atom. The molecule has 0 fully saturated rings. The lowest BCUT2D eigenvalue weighted by atomic mass is 10.1. The van der Waals surface area contributed by atoms with E-state index >= 15 is 0 Å². The van der Waals surface area contributed by atoms with Gasteiger partial charge in [-0.1, -0.05) is 29.8 Å². The molecule has 0 amide bonds. The summed E-state index contributed by atoms with van der Waals surface area (Å²) in [4.78, 5) is 10.3. The van der Waals surface area contributed by atoms with Crippen LogP contribution in [0.1, 0.15) is 5.56 Å². The molecule has 0 aromatic heterocycles. The van der Waals surface area contributed by atoms with Crippen LogP contribution in [0, 0.1) is 17.0 Å². The second kappa shape index (κ2) is 5.06. The van der Waals surface area contributed by atoms with Crippen molar-refractivity contribution in [2.45, 2.75) is 6.92 Å². The highest BCUT2D eigenvalue weighted by molar-refractivity contribution is 6.33. The van der Waals surface area contributed by atoms with Crippen molar-refractivity contribution in [3.05, 3.63) is 63.2 Å². The molecule has 92 valence electrons. The zero-order valence-corrected chi connectivity index (χ0v) is 10.4. The van der Waals surface area contributed by atoms with Gasteiger partial charge < -0.3 is 5.32 Å². The number of benzene rings is 2. The van der Waals surface area contributed by atoms with Crippen LogP contribution < -0.4 is 5.32 Å². The molecule has 0 saturated carbocycles. The predicted octanol–water partition coefficient (Wildman–Crippen LogP) is 4.30. The molecule has 0 bridgehead atoms. The van der Waals surface area contributed by atoms with Crippen LogP contribution in [-0.2, 0) is 0 Å². The first-order chi connectivity index (χ1) is 8.58. The number of hydrogen-bond donors (Lipinski definition) is 1. The van der Waals surface area contributed by atoms with Gasteiger partial charge in [0.1, 0.15) is 5.02 Å². The van der Waals surface area contributed by atoms with Gasteiger partial charge >= 0.3 is 0 Å². The first kappa shape index (κ1) is 12.4. The lowest BCUT2D eigenvalue weighted by molar-refractivity contribution is -0.384. The van der Waals surface area contributed by atoms with Crippen molar-refractivity contribution in [3.8, 4) is 0 Å². The third kappa shape index (κ3) is 2.60. The number of anilines is 2. The zero-order chi connectivity index (χ0) is 13.1. The summed E-state index contributed by atoms with van der Waals surface area (Å²) in [6, 6.07) is 12.6. The summed E-state index contributed by atoms with van der Waals surface area (Å²) < 4.78 is 0. The molecule has 0 heterocycles. The normalized spacial score (nSPS) is 10.1. The van der Waals surface area contributed by atoms with E-state index in [9.17, 15) is 10.1 Å². The number of para-hydroxylation sites is 1. The van der Waals surface area contributed by atoms with Crippen molar-refractivity contribution in [3.63, 3.8) is 0 Å². The van der Waals surface area contributed by atoms with E-state index in [2.05, 4.69) is 5.32 Å². The Hall–Kier alpha value is -2.07. The highest BCUT2D eigenvalue weighted by Gasteiger charge is 2.14. The molecule has 0 unspecified atom stereocenters. The first-order valence-corrected chi connectivity index (χ1v) is 5.72. The summed E-state index contributed by atoms with van der Waals surface area (Å²) >= 11 is 5.88. The summed E-state index contributed by atoms with van der Waals surface area (Å²) in [5.41, 5.74) is 2.37. The molecule has 0 saturated heterocycles. The number of halogens is 1. The Morgan fingerprint density at radius 3 is 2.50 bits per heavy atom. The quantitative estimate of drug-likeness (QED) is 0.663. The zero-order valence-electron chi connectivity index (χ0n) is 9.68. The van der Waals surface area contributed by atoms with Gasteiger partial charge in [0.2, 0.25) is 0 Å². The largest absolute Gasteiger partial charge is 0.355 e. The van der Waals surface area contributed by atoms with Gasteiger partial charge in [-0.25, -0.2) is 0 Å². The smallest absolute Gasteiger partial charge is 0.288 e. The number of nitrogens with one attached hydrogen (secondary N) is 1. The molecule has 0 aliphatic heterocycles. The molecule has 2 rings (SSSR count).